The highest BCUT2D eigenvalue weighted by atomic mass is 31.2. The van der Waals surface area contributed by atoms with Crippen molar-refractivity contribution >= 4 is 15.7 Å². The van der Waals surface area contributed by atoms with Gasteiger partial charge in [-0.25, -0.2) is 9.13 Å². The van der Waals surface area contributed by atoms with Crippen molar-refractivity contribution in [3.05, 3.63) is 0 Å². The van der Waals surface area contributed by atoms with Gasteiger partial charge in [-0.15, -0.1) is 4.20 Å². The highest BCUT2D eigenvalue weighted by Crippen LogP contribution is 2.44. The van der Waals surface area contributed by atoms with Gasteiger partial charge in [0.15, 0.2) is 0 Å². The fraction of sp³-hybridized carbons (Fsp3) is 1.00. The maximum atomic E-state index is 11.8. The molecular formula is C4H10F2O7P2. The number of unbranched alkanes of at least 4 members (excludes halogenated alkanes) is 1. The number of phosphoric acid groups is 1. The number of hydrogen-bond acceptors (Lipinski definition) is 5. The third kappa shape index (κ3) is 10.4. The van der Waals surface area contributed by atoms with Gasteiger partial charge in [0.25, 0.3) is 0 Å². The summed E-state index contributed by atoms with van der Waals surface area (Å²) < 4.78 is 53.8. The zero-order valence-electron chi connectivity index (χ0n) is 7.41. The van der Waals surface area contributed by atoms with Crippen LogP contribution in [0, 0.1) is 0 Å². The highest BCUT2D eigenvalue weighted by Gasteiger charge is 2.21. The van der Waals surface area contributed by atoms with Crippen LogP contribution in [0.4, 0.5) is 8.72 Å². The molecule has 11 heteroatoms. The maximum absolute atomic E-state index is 11.8. The van der Waals surface area contributed by atoms with E-state index in [0.29, 0.717) is 0 Å². The average molecular weight is 270 g/mol. The molecule has 0 heterocycles. The molecule has 0 fully saturated rings. The van der Waals surface area contributed by atoms with Crippen molar-refractivity contribution in [3.8, 4) is 0 Å². The maximum Gasteiger partial charge on any atom is 0.510 e. The summed E-state index contributed by atoms with van der Waals surface area (Å²) in [6.07, 6.45) is 0.203. The van der Waals surface area contributed by atoms with Crippen LogP contribution in [0.2, 0.25) is 0 Å². The monoisotopic (exact) mass is 270 g/mol. The number of hydrogen-bond donors (Lipinski definition) is 2. The van der Waals surface area contributed by atoms with Gasteiger partial charge in [0.2, 0.25) is 0 Å². The molecular weight excluding hydrogens is 260 g/mol. The molecule has 0 spiro atoms. The van der Waals surface area contributed by atoms with E-state index < -0.39 is 15.7 Å². The minimum Gasteiger partial charge on any atom is -0.301 e. The van der Waals surface area contributed by atoms with Gasteiger partial charge in [-0.3, -0.25) is 13.9 Å². The third-order valence-electron chi connectivity index (χ3n) is 1.13. The van der Waals surface area contributed by atoms with Crippen LogP contribution in [0.25, 0.3) is 0 Å². The van der Waals surface area contributed by atoms with E-state index in [2.05, 4.69) is 13.8 Å². The molecule has 92 valence electrons. The van der Waals surface area contributed by atoms with E-state index in [1.54, 1.807) is 0 Å². The molecule has 2 N–H and O–H groups in total. The molecule has 7 nitrogen and oxygen atoms in total. The predicted molar refractivity (Wildman–Crippen MR) is 44.1 cm³/mol. The van der Waals surface area contributed by atoms with Crippen LogP contribution in [-0.4, -0.2) is 23.0 Å². The lowest BCUT2D eigenvalue weighted by molar-refractivity contribution is -0.0481. The molecule has 0 aromatic rings. The third-order valence-corrected chi connectivity index (χ3v) is 2.32. The Labute approximate surface area is 84.1 Å². The Kier molecular flexibility index (Phi) is 6.70. The number of phosphoric ester groups is 1. The molecule has 0 rings (SSSR count). The van der Waals surface area contributed by atoms with Crippen molar-refractivity contribution in [2.24, 2.45) is 0 Å². The molecule has 0 saturated heterocycles. The Morgan fingerprint density at radius 1 is 1.07 bits per heavy atom. The average Bonchev–Trinajstić information content (AvgIpc) is 2.09. The zero-order chi connectivity index (χ0) is 11.9. The van der Waals surface area contributed by atoms with E-state index in [4.69, 9.17) is 9.79 Å². The number of halogens is 2. The molecule has 2 unspecified atom stereocenters. The van der Waals surface area contributed by atoms with Crippen molar-refractivity contribution in [3.63, 3.8) is 0 Å². The van der Waals surface area contributed by atoms with Gasteiger partial charge in [0.1, 0.15) is 0 Å². The summed E-state index contributed by atoms with van der Waals surface area (Å²) in [7, 11) is -9.62. The summed E-state index contributed by atoms with van der Waals surface area (Å²) in [6, 6.07) is 0. The second kappa shape index (κ2) is 6.65. The molecule has 0 aromatic heterocycles. The Balaban J connectivity index is 3.41. The van der Waals surface area contributed by atoms with Gasteiger partial charge in [-0.1, -0.05) is 4.73 Å². The molecule has 0 saturated carbocycles. The summed E-state index contributed by atoms with van der Waals surface area (Å²) in [5, 5.41) is 0. The van der Waals surface area contributed by atoms with Crippen molar-refractivity contribution < 1.29 is 41.4 Å². The molecule has 0 bridgehead atoms. The van der Waals surface area contributed by atoms with Gasteiger partial charge in [0, 0.05) is 0 Å². The Bertz CT molecular complexity index is 266. The van der Waals surface area contributed by atoms with E-state index >= 15 is 0 Å². The first-order valence-corrected chi connectivity index (χ1v) is 6.68. The first-order chi connectivity index (χ1) is 6.77. The fourth-order valence-electron chi connectivity index (χ4n) is 0.581. The second-order valence-electron chi connectivity index (χ2n) is 2.36. The van der Waals surface area contributed by atoms with E-state index in [-0.39, 0.29) is 26.1 Å². The predicted octanol–water partition coefficient (Wildman–Crippen LogP) is 1.87. The zero-order valence-corrected chi connectivity index (χ0v) is 9.20. The van der Waals surface area contributed by atoms with Crippen molar-refractivity contribution in [1.82, 2.24) is 0 Å². The molecule has 0 aliphatic carbocycles. The largest absolute Gasteiger partial charge is 0.510 e. The SMILES string of the molecule is O=P(O)(F)OCCCCOP(=O)(O)OF. The quantitative estimate of drug-likeness (QED) is 0.512. The molecule has 2 atom stereocenters. The highest BCUT2D eigenvalue weighted by molar-refractivity contribution is 7.47. The summed E-state index contributed by atoms with van der Waals surface area (Å²) in [6.45, 7) is -0.692. The molecule has 0 aliphatic heterocycles. The van der Waals surface area contributed by atoms with Crippen molar-refractivity contribution in [1.29, 1.82) is 0 Å². The normalized spacial score (nSPS) is 19.5. The Morgan fingerprint density at radius 3 is 1.93 bits per heavy atom. The lowest BCUT2D eigenvalue weighted by Crippen LogP contribution is -1.96. The topological polar surface area (TPSA) is 102 Å². The van der Waals surface area contributed by atoms with E-state index in [9.17, 15) is 17.9 Å². The minimum absolute atomic E-state index is 0.0980. The smallest absolute Gasteiger partial charge is 0.301 e. The summed E-state index contributed by atoms with van der Waals surface area (Å²) in [4.78, 5) is 16.4. The van der Waals surface area contributed by atoms with Gasteiger partial charge >= 0.3 is 15.7 Å². The lowest BCUT2D eigenvalue weighted by Gasteiger charge is -2.06. The molecule has 0 amide bonds. The summed E-state index contributed by atoms with van der Waals surface area (Å²) >= 11 is 0. The summed E-state index contributed by atoms with van der Waals surface area (Å²) in [5.41, 5.74) is 0. The van der Waals surface area contributed by atoms with E-state index in [1.807, 2.05) is 0 Å². The van der Waals surface area contributed by atoms with Crippen LogP contribution in [0.5, 0.6) is 0 Å². The molecule has 0 aliphatic rings. The minimum atomic E-state index is -4.98. The molecule has 0 aromatic carbocycles. The van der Waals surface area contributed by atoms with E-state index in [0.717, 1.165) is 0 Å². The number of rotatable bonds is 8. The summed E-state index contributed by atoms with van der Waals surface area (Å²) in [5.74, 6) is 0. The first kappa shape index (κ1) is 15.1. The van der Waals surface area contributed by atoms with Crippen LogP contribution < -0.4 is 0 Å². The van der Waals surface area contributed by atoms with Gasteiger partial charge in [-0.2, -0.15) is 0 Å². The van der Waals surface area contributed by atoms with Gasteiger partial charge in [-0.05, 0) is 17.4 Å². The van der Waals surface area contributed by atoms with Crippen LogP contribution in [0.15, 0.2) is 0 Å². The van der Waals surface area contributed by atoms with E-state index in [1.165, 1.54) is 0 Å². The van der Waals surface area contributed by atoms with Crippen LogP contribution in [0.1, 0.15) is 12.8 Å². The standard InChI is InChI=1S/C4H10F2O7P2/c5-13-15(9,10)12-4-2-1-3-11-14(6,7)8/h1-4H2,(H,7,8)(H,9,10). The van der Waals surface area contributed by atoms with Crippen molar-refractivity contribution in [2.75, 3.05) is 13.2 Å². The second-order valence-corrected chi connectivity index (χ2v) is 4.86. The molecule has 0 radical (unpaired) electrons. The fourth-order valence-corrected chi connectivity index (χ4v) is 1.34. The Morgan fingerprint density at radius 2 is 1.53 bits per heavy atom. The first-order valence-electron chi connectivity index (χ1n) is 3.71. The van der Waals surface area contributed by atoms with Crippen LogP contribution in [0.3, 0.4) is 0 Å². The van der Waals surface area contributed by atoms with Gasteiger partial charge in [0.05, 0.1) is 13.2 Å². The van der Waals surface area contributed by atoms with Gasteiger partial charge < -0.3 is 4.89 Å². The Hall–Kier alpha value is 0.120. The molecule has 15 heavy (non-hydrogen) atoms. The van der Waals surface area contributed by atoms with Crippen LogP contribution in [-0.2, 0) is 22.9 Å². The van der Waals surface area contributed by atoms with Crippen molar-refractivity contribution in [2.45, 2.75) is 12.8 Å². The van der Waals surface area contributed by atoms with Crippen LogP contribution >= 0.6 is 15.7 Å². The lowest BCUT2D eigenvalue weighted by atomic mass is 10.3.